The summed E-state index contributed by atoms with van der Waals surface area (Å²) in [5.74, 6) is 1.11. The number of allylic oxidation sites excluding steroid dienone is 1. The molecule has 0 amide bonds. The fourth-order valence-corrected chi connectivity index (χ4v) is 2.74. The molecule has 0 N–H and O–H groups in total. The minimum Gasteiger partial charge on any atom is -0.616 e. The van der Waals surface area contributed by atoms with Gasteiger partial charge in [-0.1, -0.05) is 66.7 Å². The summed E-state index contributed by atoms with van der Waals surface area (Å²) in [4.78, 5) is 0. The van der Waals surface area contributed by atoms with Gasteiger partial charge >= 0.3 is 0 Å². The predicted octanol–water partition coefficient (Wildman–Crippen LogP) is 3.54. The second kappa shape index (κ2) is 7.82. The highest BCUT2D eigenvalue weighted by Gasteiger charge is 2.04. The fourth-order valence-electron chi connectivity index (χ4n) is 1.77. The fraction of sp³-hybridized carbons (Fsp3) is 0.176. The molecule has 2 aromatic carbocycles. The van der Waals surface area contributed by atoms with Crippen molar-refractivity contribution in [3.05, 3.63) is 83.9 Å². The monoisotopic (exact) mass is 269 g/mol. The summed E-state index contributed by atoms with van der Waals surface area (Å²) in [6.45, 7) is 0. The highest BCUT2D eigenvalue weighted by atomic mass is 32.2. The molecule has 0 fully saturated rings. The zero-order valence-electron chi connectivity index (χ0n) is 10.8. The molecule has 0 saturated carbocycles. The number of hydrogen-bond acceptors (Lipinski definition) is 1. The van der Waals surface area contributed by atoms with Crippen LogP contribution in [0.5, 0.6) is 0 Å². The van der Waals surface area contributed by atoms with Gasteiger partial charge in [0.1, 0.15) is 11.5 Å². The first-order chi connectivity index (χ1) is 9.34. The van der Waals surface area contributed by atoms with Crippen LogP contribution in [0.25, 0.3) is 0 Å². The molecule has 0 aliphatic heterocycles. The second-order valence-corrected chi connectivity index (χ2v) is 5.77. The molecule has 2 rings (SSSR count). The molecule has 19 heavy (non-hydrogen) atoms. The van der Waals surface area contributed by atoms with E-state index in [0.29, 0.717) is 11.5 Å². The summed E-state index contributed by atoms with van der Waals surface area (Å²) in [5, 5.41) is 0. The SMILES string of the molecule is [O-][S+](C/[C]=C\Cc1ccccc1)Cc1ccccc1. The van der Waals surface area contributed by atoms with Crippen molar-refractivity contribution in [2.75, 3.05) is 5.75 Å². The maximum Gasteiger partial charge on any atom is 0.131 e. The molecule has 0 aromatic heterocycles. The average Bonchev–Trinajstić information content (AvgIpc) is 2.46. The van der Waals surface area contributed by atoms with Crippen LogP contribution in [0.1, 0.15) is 11.1 Å². The van der Waals surface area contributed by atoms with Crippen molar-refractivity contribution >= 4 is 11.2 Å². The van der Waals surface area contributed by atoms with Gasteiger partial charge in [0.2, 0.25) is 0 Å². The van der Waals surface area contributed by atoms with Crippen LogP contribution in [0.4, 0.5) is 0 Å². The molecule has 0 saturated heterocycles. The van der Waals surface area contributed by atoms with E-state index in [1.54, 1.807) is 0 Å². The van der Waals surface area contributed by atoms with Crippen molar-refractivity contribution in [2.45, 2.75) is 12.2 Å². The van der Waals surface area contributed by atoms with Crippen molar-refractivity contribution < 1.29 is 4.55 Å². The van der Waals surface area contributed by atoms with Crippen LogP contribution in [0.15, 0.2) is 66.7 Å². The maximum absolute atomic E-state index is 11.9. The largest absolute Gasteiger partial charge is 0.616 e. The molecule has 97 valence electrons. The average molecular weight is 269 g/mol. The first kappa shape index (κ1) is 13.9. The molecule has 0 bridgehead atoms. The highest BCUT2D eigenvalue weighted by molar-refractivity contribution is 7.90. The van der Waals surface area contributed by atoms with Crippen LogP contribution < -0.4 is 0 Å². The topological polar surface area (TPSA) is 23.1 Å². The van der Waals surface area contributed by atoms with Crippen molar-refractivity contribution in [1.29, 1.82) is 0 Å². The molecule has 0 aliphatic rings. The highest BCUT2D eigenvalue weighted by Crippen LogP contribution is 2.06. The smallest absolute Gasteiger partial charge is 0.131 e. The van der Waals surface area contributed by atoms with Crippen LogP contribution in [0, 0.1) is 6.08 Å². The van der Waals surface area contributed by atoms with E-state index in [9.17, 15) is 4.55 Å². The third-order valence-electron chi connectivity index (χ3n) is 2.74. The Morgan fingerprint density at radius 3 is 2.11 bits per heavy atom. The molecule has 0 aliphatic carbocycles. The molecule has 2 aromatic rings. The van der Waals surface area contributed by atoms with Crippen LogP contribution in [0.2, 0.25) is 0 Å². The third-order valence-corrected chi connectivity index (χ3v) is 3.88. The second-order valence-electron chi connectivity index (χ2n) is 4.31. The predicted molar refractivity (Wildman–Crippen MR) is 81.1 cm³/mol. The van der Waals surface area contributed by atoms with E-state index in [2.05, 4.69) is 18.2 Å². The summed E-state index contributed by atoms with van der Waals surface area (Å²) < 4.78 is 11.9. The van der Waals surface area contributed by atoms with Crippen LogP contribution in [-0.4, -0.2) is 10.3 Å². The van der Waals surface area contributed by atoms with Gasteiger partial charge in [0.05, 0.1) is 0 Å². The van der Waals surface area contributed by atoms with Crippen molar-refractivity contribution in [2.24, 2.45) is 0 Å². The molecule has 1 unspecified atom stereocenters. The Kier molecular flexibility index (Phi) is 5.73. The Morgan fingerprint density at radius 1 is 0.895 bits per heavy atom. The number of hydrogen-bond donors (Lipinski definition) is 0. The van der Waals surface area contributed by atoms with Crippen molar-refractivity contribution in [3.8, 4) is 0 Å². The summed E-state index contributed by atoms with van der Waals surface area (Å²) >= 11 is -0.871. The Bertz CT molecular complexity index is 493. The van der Waals surface area contributed by atoms with Gasteiger partial charge in [0.15, 0.2) is 0 Å². The van der Waals surface area contributed by atoms with Gasteiger partial charge < -0.3 is 4.55 Å². The lowest BCUT2D eigenvalue weighted by atomic mass is 10.1. The van der Waals surface area contributed by atoms with Gasteiger partial charge in [-0.05, 0) is 23.2 Å². The third kappa shape index (κ3) is 5.33. The van der Waals surface area contributed by atoms with E-state index in [1.807, 2.05) is 54.6 Å². The van der Waals surface area contributed by atoms with Gasteiger partial charge in [-0.15, -0.1) is 0 Å². The van der Waals surface area contributed by atoms with Gasteiger partial charge in [0, 0.05) is 11.6 Å². The summed E-state index contributed by atoms with van der Waals surface area (Å²) in [7, 11) is 0. The zero-order chi connectivity index (χ0) is 13.3. The number of benzene rings is 2. The van der Waals surface area contributed by atoms with Crippen molar-refractivity contribution in [1.82, 2.24) is 0 Å². The first-order valence-electron chi connectivity index (χ1n) is 6.32. The van der Waals surface area contributed by atoms with E-state index in [0.717, 1.165) is 12.0 Å². The van der Waals surface area contributed by atoms with Gasteiger partial charge in [0.25, 0.3) is 0 Å². The van der Waals surface area contributed by atoms with Crippen LogP contribution >= 0.6 is 0 Å². The minimum atomic E-state index is -0.871. The zero-order valence-corrected chi connectivity index (χ0v) is 11.6. The molecular weight excluding hydrogens is 252 g/mol. The standard InChI is InChI=1S/C17H17OS/c18-19(15-17-12-5-2-6-13-17)14-8-7-11-16-9-3-1-4-10-16/h1-7,9-10,12-13H,11,14-15H2. The molecule has 1 nitrogen and oxygen atoms in total. The van der Waals surface area contributed by atoms with E-state index >= 15 is 0 Å². The summed E-state index contributed by atoms with van der Waals surface area (Å²) in [6.07, 6.45) is 5.95. The summed E-state index contributed by atoms with van der Waals surface area (Å²) in [5.41, 5.74) is 2.37. The van der Waals surface area contributed by atoms with E-state index in [1.165, 1.54) is 5.56 Å². The van der Waals surface area contributed by atoms with E-state index in [-0.39, 0.29) is 0 Å². The molecule has 1 radical (unpaired) electrons. The molecular formula is C17H17OS. The quantitative estimate of drug-likeness (QED) is 0.736. The van der Waals surface area contributed by atoms with Crippen LogP contribution in [-0.2, 0) is 23.3 Å². The van der Waals surface area contributed by atoms with Gasteiger partial charge in [-0.3, -0.25) is 0 Å². The lowest BCUT2D eigenvalue weighted by molar-refractivity contribution is 0.596. The Labute approximate surface area is 118 Å². The van der Waals surface area contributed by atoms with Crippen LogP contribution in [0.3, 0.4) is 0 Å². The molecule has 1 atom stereocenters. The molecule has 2 heteroatoms. The lowest BCUT2D eigenvalue weighted by Gasteiger charge is -2.08. The van der Waals surface area contributed by atoms with E-state index in [4.69, 9.17) is 0 Å². The minimum absolute atomic E-state index is 0.502. The maximum atomic E-state index is 11.9. The molecule has 0 spiro atoms. The Morgan fingerprint density at radius 2 is 1.47 bits per heavy atom. The Balaban J connectivity index is 1.73. The van der Waals surface area contributed by atoms with E-state index < -0.39 is 11.2 Å². The number of rotatable bonds is 6. The lowest BCUT2D eigenvalue weighted by Crippen LogP contribution is -2.07. The summed E-state index contributed by atoms with van der Waals surface area (Å²) in [6, 6.07) is 20.1. The van der Waals surface area contributed by atoms with Crippen molar-refractivity contribution in [3.63, 3.8) is 0 Å². The van der Waals surface area contributed by atoms with Gasteiger partial charge in [-0.2, -0.15) is 0 Å². The van der Waals surface area contributed by atoms with Gasteiger partial charge in [-0.25, -0.2) is 0 Å². The normalized spacial score (nSPS) is 12.7. The Hall–Kier alpha value is -1.51. The first-order valence-corrected chi connectivity index (χ1v) is 7.81. The molecule has 0 heterocycles.